The minimum Gasteiger partial charge on any atom is -0.460 e. The van der Waals surface area contributed by atoms with E-state index in [-0.39, 0.29) is 12.0 Å². The zero-order valence-electron chi connectivity index (χ0n) is 35.1. The van der Waals surface area contributed by atoms with E-state index in [1.54, 1.807) is 0 Å². The van der Waals surface area contributed by atoms with E-state index in [0.29, 0.717) is 0 Å². The highest BCUT2D eigenvalue weighted by molar-refractivity contribution is 7.27. The van der Waals surface area contributed by atoms with Gasteiger partial charge in [-0.2, -0.15) is 0 Å². The molecule has 2 aromatic heterocycles. The molecule has 10 aromatic rings. The predicted molar refractivity (Wildman–Crippen MR) is 270 cm³/mol. The van der Waals surface area contributed by atoms with Gasteiger partial charge in [0.2, 0.25) is 0 Å². The van der Waals surface area contributed by atoms with Crippen molar-refractivity contribution in [2.45, 2.75) is 24.8 Å². The van der Waals surface area contributed by atoms with Crippen molar-refractivity contribution in [3.63, 3.8) is 0 Å². The van der Waals surface area contributed by atoms with Crippen LogP contribution in [0, 0.1) is 0 Å². The van der Waals surface area contributed by atoms with Gasteiger partial charge in [-0.3, -0.25) is 0 Å². The maximum absolute atomic E-state index is 6.51. The van der Waals surface area contributed by atoms with E-state index in [4.69, 9.17) is 4.74 Å². The Balaban J connectivity index is 0.886. The first-order valence-electron chi connectivity index (χ1n) is 22.3. The molecule has 3 nitrogen and oxygen atoms in total. The van der Waals surface area contributed by atoms with E-state index in [0.717, 1.165) is 35.7 Å². The third kappa shape index (κ3) is 5.94. The zero-order valence-corrected chi connectivity index (χ0v) is 35.9. The summed E-state index contributed by atoms with van der Waals surface area (Å²) < 4.78 is 11.6. The van der Waals surface area contributed by atoms with Gasteiger partial charge in [0.1, 0.15) is 11.5 Å². The van der Waals surface area contributed by atoms with Gasteiger partial charge in [0.15, 0.2) is 0 Å². The maximum atomic E-state index is 6.51. The Kier molecular flexibility index (Phi) is 8.66. The van der Waals surface area contributed by atoms with E-state index in [2.05, 4.69) is 228 Å². The molecule has 0 amide bonds. The van der Waals surface area contributed by atoms with Gasteiger partial charge in [0.25, 0.3) is 0 Å². The number of allylic oxidation sites excluding steroid dienone is 6. The molecule has 304 valence electrons. The second-order valence-electron chi connectivity index (χ2n) is 17.1. The quantitative estimate of drug-likeness (QED) is 0.159. The smallest absolute Gasteiger partial charge is 0.130 e. The van der Waals surface area contributed by atoms with Gasteiger partial charge < -0.3 is 14.2 Å². The summed E-state index contributed by atoms with van der Waals surface area (Å²) in [6, 6.07) is 68.7. The van der Waals surface area contributed by atoms with Gasteiger partial charge in [-0.1, -0.05) is 164 Å². The Morgan fingerprint density at radius 3 is 2.03 bits per heavy atom. The highest BCUT2D eigenvalue weighted by Gasteiger charge is 2.33. The summed E-state index contributed by atoms with van der Waals surface area (Å²) in [5, 5.41) is 5.22. The van der Waals surface area contributed by atoms with Crippen molar-refractivity contribution in [2.24, 2.45) is 0 Å². The lowest BCUT2D eigenvalue weighted by molar-refractivity contribution is 0.429. The third-order valence-electron chi connectivity index (χ3n) is 13.5. The summed E-state index contributed by atoms with van der Waals surface area (Å²) in [4.78, 5) is 2.50. The van der Waals surface area contributed by atoms with Crippen molar-refractivity contribution < 1.29 is 4.74 Å². The summed E-state index contributed by atoms with van der Waals surface area (Å²) >= 11 is 1.92. The molecule has 0 spiro atoms. The Morgan fingerprint density at radius 2 is 1.23 bits per heavy atom. The fraction of sp³-hybridized carbons (Fsp3) is 0.0667. The van der Waals surface area contributed by atoms with E-state index in [1.165, 1.54) is 86.6 Å². The molecule has 3 aliphatic rings. The lowest BCUT2D eigenvalue weighted by Crippen LogP contribution is -2.30. The van der Waals surface area contributed by atoms with E-state index in [9.17, 15) is 0 Å². The number of para-hydroxylation sites is 3. The fourth-order valence-corrected chi connectivity index (χ4v) is 11.9. The summed E-state index contributed by atoms with van der Waals surface area (Å²) in [6.07, 6.45) is 13.5. The Hall–Kier alpha value is -7.66. The maximum Gasteiger partial charge on any atom is 0.130 e. The average molecular weight is 839 g/mol. The van der Waals surface area contributed by atoms with E-state index in [1.807, 2.05) is 11.3 Å². The summed E-state index contributed by atoms with van der Waals surface area (Å²) in [7, 11) is 0. The molecule has 2 atom stereocenters. The highest BCUT2D eigenvalue weighted by Crippen LogP contribution is 2.49. The second kappa shape index (κ2) is 15.0. The van der Waals surface area contributed by atoms with Crippen molar-refractivity contribution in [3.8, 4) is 22.6 Å². The van der Waals surface area contributed by atoms with Crippen LogP contribution in [0.3, 0.4) is 0 Å². The number of rotatable bonds is 7. The van der Waals surface area contributed by atoms with Crippen LogP contribution < -0.4 is 9.64 Å². The number of fused-ring (bicyclic) bond motifs is 10. The van der Waals surface area contributed by atoms with Gasteiger partial charge in [0, 0.05) is 65.1 Å². The van der Waals surface area contributed by atoms with E-state index < -0.39 is 0 Å². The van der Waals surface area contributed by atoms with Crippen molar-refractivity contribution in [3.05, 3.63) is 241 Å². The molecular formula is C60H42N2OS. The fourth-order valence-electron chi connectivity index (χ4n) is 10.5. The van der Waals surface area contributed by atoms with Crippen LogP contribution in [0.5, 0.6) is 5.75 Å². The van der Waals surface area contributed by atoms with Crippen LogP contribution in [0.25, 0.3) is 69.9 Å². The Labute approximate surface area is 376 Å². The third-order valence-corrected chi connectivity index (χ3v) is 14.8. The first kappa shape index (κ1) is 36.9. The summed E-state index contributed by atoms with van der Waals surface area (Å²) in [6.45, 7) is 0. The van der Waals surface area contributed by atoms with Crippen molar-refractivity contribution >= 4 is 75.8 Å². The SMILES string of the molecule is C1=CC(c2ccc(N(c3ccc(-c4cccc5c4sc4c5ccc5c4c4ccccc4n5-c4ccccc4)cc3)C3C=CC(c4ccccc4)=CC3)cc2)=C2Oc3ccccc3C2C1. The highest BCUT2D eigenvalue weighted by atomic mass is 32.1. The predicted octanol–water partition coefficient (Wildman–Crippen LogP) is 16.2. The molecule has 2 aliphatic carbocycles. The van der Waals surface area contributed by atoms with Crippen LogP contribution in [-0.4, -0.2) is 10.6 Å². The normalized spacial score (nSPS) is 16.7. The van der Waals surface area contributed by atoms with Crippen LogP contribution in [0.15, 0.2) is 224 Å². The number of aromatic nitrogens is 1. The monoisotopic (exact) mass is 838 g/mol. The number of ether oxygens (including phenoxy) is 1. The molecule has 0 saturated carbocycles. The first-order valence-corrected chi connectivity index (χ1v) is 23.1. The molecule has 1 aliphatic heterocycles. The molecule has 3 heterocycles. The van der Waals surface area contributed by atoms with Gasteiger partial charge in [0.05, 0.1) is 17.1 Å². The molecule has 8 aromatic carbocycles. The average Bonchev–Trinajstić information content (AvgIpc) is 4.05. The molecule has 0 saturated heterocycles. The number of hydrogen-bond donors (Lipinski definition) is 0. The number of thiophene rings is 1. The molecule has 0 bridgehead atoms. The molecule has 2 unspecified atom stereocenters. The molecule has 0 fully saturated rings. The Morgan fingerprint density at radius 1 is 0.531 bits per heavy atom. The second-order valence-corrected chi connectivity index (χ2v) is 18.1. The molecule has 64 heavy (non-hydrogen) atoms. The Bertz CT molecular complexity index is 3570. The van der Waals surface area contributed by atoms with Crippen molar-refractivity contribution in [1.29, 1.82) is 0 Å². The van der Waals surface area contributed by atoms with E-state index >= 15 is 0 Å². The minimum atomic E-state index is 0.143. The molecular weight excluding hydrogens is 797 g/mol. The van der Waals surface area contributed by atoms with Gasteiger partial charge >= 0.3 is 0 Å². The van der Waals surface area contributed by atoms with Crippen LogP contribution in [0.2, 0.25) is 0 Å². The number of nitrogens with zero attached hydrogens (tertiary/aromatic N) is 2. The van der Waals surface area contributed by atoms with Crippen molar-refractivity contribution in [1.82, 2.24) is 4.57 Å². The standard InChI is InChI=1S/C60H42N2OS/c1-3-13-39(14-4-1)40-25-31-44(32-26-40)61(45-33-27-41(28-34-45)47-19-11-21-50-49-17-8-10-24-56(49)63-58(47)50)46-35-29-42(30-36-46)48-20-12-22-51-52-37-38-55-57(60(52)64-59(48)51)53-18-7-9-23-54(53)62(55)43-15-5-2-6-16-43/h1-20,22-31,33-38,44,50H,21,32H2. The molecule has 0 N–H and O–H groups in total. The number of benzene rings is 8. The molecule has 4 heteroatoms. The zero-order chi connectivity index (χ0) is 42.1. The van der Waals surface area contributed by atoms with Crippen molar-refractivity contribution in [2.75, 3.05) is 4.90 Å². The van der Waals surface area contributed by atoms with Crippen LogP contribution in [0.1, 0.15) is 35.4 Å². The van der Waals surface area contributed by atoms with Crippen LogP contribution >= 0.6 is 11.3 Å². The first-order chi connectivity index (χ1) is 31.7. The van der Waals surface area contributed by atoms with Crippen LogP contribution in [0.4, 0.5) is 11.4 Å². The topological polar surface area (TPSA) is 17.4 Å². The van der Waals surface area contributed by atoms with Gasteiger partial charge in [-0.15, -0.1) is 11.3 Å². The molecule has 13 rings (SSSR count). The number of hydrogen-bond acceptors (Lipinski definition) is 3. The minimum absolute atomic E-state index is 0.143. The van der Waals surface area contributed by atoms with Gasteiger partial charge in [-0.25, -0.2) is 0 Å². The largest absolute Gasteiger partial charge is 0.460 e. The lowest BCUT2D eigenvalue weighted by Gasteiger charge is -2.33. The molecule has 0 radical (unpaired) electrons. The summed E-state index contributed by atoms with van der Waals surface area (Å²) in [5.41, 5.74) is 14.6. The van der Waals surface area contributed by atoms with Crippen LogP contribution in [-0.2, 0) is 0 Å². The van der Waals surface area contributed by atoms with Gasteiger partial charge in [-0.05, 0) is 95.3 Å². The number of anilines is 2. The summed E-state index contributed by atoms with van der Waals surface area (Å²) in [5.74, 6) is 2.31. The lowest BCUT2D eigenvalue weighted by atomic mass is 9.87.